The summed E-state index contributed by atoms with van der Waals surface area (Å²) < 4.78 is 1.86. The third-order valence-electron chi connectivity index (χ3n) is 3.95. The molecule has 1 atom stereocenters. The van der Waals surface area contributed by atoms with Crippen LogP contribution in [0.3, 0.4) is 0 Å². The molecule has 3 nitrogen and oxygen atoms in total. The molecule has 2 heterocycles. The topological polar surface area (TPSA) is 34.9 Å². The monoisotopic (exact) mass is 254 g/mol. The van der Waals surface area contributed by atoms with Gasteiger partial charge < -0.3 is 0 Å². The van der Waals surface area contributed by atoms with Gasteiger partial charge in [0.05, 0.1) is 0 Å². The molecule has 0 N–H and O–H groups in total. The molecule has 3 heteroatoms. The largest absolute Gasteiger partial charge is 0.296 e. The van der Waals surface area contributed by atoms with Crippen molar-refractivity contribution in [3.05, 3.63) is 63.8 Å². The van der Waals surface area contributed by atoms with Crippen LogP contribution in [0.2, 0.25) is 0 Å². The second-order valence-corrected chi connectivity index (χ2v) is 5.18. The summed E-state index contributed by atoms with van der Waals surface area (Å²) in [5, 5.41) is 0. The van der Waals surface area contributed by atoms with E-state index in [0.29, 0.717) is 0 Å². The molecule has 0 fully saturated rings. The minimum atomic E-state index is 0.0981. The first-order chi connectivity index (χ1) is 9.27. The molecular weight excluding hydrogens is 236 g/mol. The number of nitrogens with zero attached hydrogens (tertiary/aromatic N) is 2. The average molecular weight is 254 g/mol. The molecule has 0 aliphatic carbocycles. The Kier molecular flexibility index (Phi) is 3.20. The van der Waals surface area contributed by atoms with Gasteiger partial charge in [0.25, 0.3) is 5.56 Å². The van der Waals surface area contributed by atoms with Crippen molar-refractivity contribution in [2.24, 2.45) is 0 Å². The smallest absolute Gasteiger partial charge is 0.257 e. The van der Waals surface area contributed by atoms with E-state index in [0.717, 1.165) is 42.8 Å². The second kappa shape index (κ2) is 5.00. The van der Waals surface area contributed by atoms with Crippen LogP contribution >= 0.6 is 0 Å². The third kappa shape index (κ3) is 2.21. The average Bonchev–Trinajstić information content (AvgIpc) is 2.48. The summed E-state index contributed by atoms with van der Waals surface area (Å²) >= 11 is 0. The van der Waals surface area contributed by atoms with Crippen molar-refractivity contribution in [1.82, 2.24) is 9.55 Å². The molecule has 0 bridgehead atoms. The lowest BCUT2D eigenvalue weighted by molar-refractivity contribution is 0.490. The van der Waals surface area contributed by atoms with Gasteiger partial charge in [-0.25, -0.2) is 4.98 Å². The Morgan fingerprint density at radius 1 is 1.21 bits per heavy atom. The van der Waals surface area contributed by atoms with E-state index < -0.39 is 0 Å². The van der Waals surface area contributed by atoms with Gasteiger partial charge in [0, 0.05) is 30.6 Å². The Labute approximate surface area is 112 Å². The maximum Gasteiger partial charge on any atom is 0.257 e. The molecule has 0 radical (unpaired) electrons. The van der Waals surface area contributed by atoms with Crippen molar-refractivity contribution in [2.45, 2.75) is 38.6 Å². The molecule has 1 aliphatic heterocycles. The summed E-state index contributed by atoms with van der Waals surface area (Å²) in [6.45, 7) is 2.89. The molecule has 1 aromatic heterocycles. The van der Waals surface area contributed by atoms with Crippen LogP contribution in [0.5, 0.6) is 0 Å². The van der Waals surface area contributed by atoms with Gasteiger partial charge in [0.15, 0.2) is 0 Å². The predicted octanol–water partition coefficient (Wildman–Crippen LogP) is 2.73. The number of rotatable bonds is 2. The van der Waals surface area contributed by atoms with E-state index in [-0.39, 0.29) is 11.5 Å². The summed E-state index contributed by atoms with van der Waals surface area (Å²) in [5.74, 6) is 1.04. The lowest BCUT2D eigenvalue weighted by Gasteiger charge is -2.19. The zero-order valence-corrected chi connectivity index (χ0v) is 11.2. The van der Waals surface area contributed by atoms with E-state index >= 15 is 0 Å². The fourth-order valence-electron chi connectivity index (χ4n) is 2.74. The Balaban J connectivity index is 2.04. The van der Waals surface area contributed by atoms with Gasteiger partial charge in [-0.2, -0.15) is 0 Å². The second-order valence-electron chi connectivity index (χ2n) is 5.18. The van der Waals surface area contributed by atoms with Gasteiger partial charge >= 0.3 is 0 Å². The van der Waals surface area contributed by atoms with E-state index in [9.17, 15) is 4.79 Å². The van der Waals surface area contributed by atoms with Gasteiger partial charge in [0.2, 0.25) is 0 Å². The van der Waals surface area contributed by atoms with Crippen LogP contribution < -0.4 is 5.56 Å². The number of fused-ring (bicyclic) bond motifs is 1. The lowest BCUT2D eigenvalue weighted by Crippen LogP contribution is -2.31. The first-order valence-corrected chi connectivity index (χ1v) is 6.91. The van der Waals surface area contributed by atoms with Crippen LogP contribution in [0.15, 0.2) is 41.3 Å². The quantitative estimate of drug-likeness (QED) is 0.826. The zero-order valence-electron chi connectivity index (χ0n) is 11.2. The van der Waals surface area contributed by atoms with E-state index in [4.69, 9.17) is 0 Å². The van der Waals surface area contributed by atoms with Crippen LogP contribution in [0.4, 0.5) is 0 Å². The fourth-order valence-corrected chi connectivity index (χ4v) is 2.74. The summed E-state index contributed by atoms with van der Waals surface area (Å²) in [5.41, 5.74) is 2.11. The van der Waals surface area contributed by atoms with Crippen molar-refractivity contribution in [3.8, 4) is 0 Å². The first kappa shape index (κ1) is 12.2. The number of aromatic nitrogens is 2. The molecular formula is C16H18N2O. The minimum Gasteiger partial charge on any atom is -0.296 e. The van der Waals surface area contributed by atoms with Gasteiger partial charge in [0.1, 0.15) is 5.82 Å². The third-order valence-corrected chi connectivity index (χ3v) is 3.95. The molecule has 98 valence electrons. The molecule has 0 spiro atoms. The minimum absolute atomic E-state index is 0.0981. The van der Waals surface area contributed by atoms with E-state index in [1.54, 1.807) is 6.20 Å². The summed E-state index contributed by atoms with van der Waals surface area (Å²) in [6, 6.07) is 10.1. The Bertz CT molecular complexity index is 631. The summed E-state index contributed by atoms with van der Waals surface area (Å²) in [7, 11) is 0. The Morgan fingerprint density at radius 3 is 2.79 bits per heavy atom. The highest BCUT2D eigenvalue weighted by atomic mass is 16.1. The SMILES string of the molecule is CC(c1ccccc1)c1cnc2n(c1=O)CCCC2. The number of hydrogen-bond acceptors (Lipinski definition) is 2. The van der Waals surface area contributed by atoms with Crippen molar-refractivity contribution in [3.63, 3.8) is 0 Å². The van der Waals surface area contributed by atoms with Crippen LogP contribution in [-0.4, -0.2) is 9.55 Å². The van der Waals surface area contributed by atoms with Gasteiger partial charge in [-0.3, -0.25) is 9.36 Å². The van der Waals surface area contributed by atoms with Crippen molar-refractivity contribution < 1.29 is 0 Å². The van der Waals surface area contributed by atoms with Crippen molar-refractivity contribution in [2.75, 3.05) is 0 Å². The van der Waals surface area contributed by atoms with Crippen LogP contribution in [-0.2, 0) is 13.0 Å². The Hall–Kier alpha value is -1.90. The Morgan fingerprint density at radius 2 is 2.00 bits per heavy atom. The molecule has 3 rings (SSSR count). The van der Waals surface area contributed by atoms with E-state index in [2.05, 4.69) is 24.0 Å². The molecule has 0 amide bonds. The van der Waals surface area contributed by atoms with Crippen LogP contribution in [0, 0.1) is 0 Å². The predicted molar refractivity (Wildman–Crippen MR) is 75.4 cm³/mol. The number of aryl methyl sites for hydroxylation is 1. The van der Waals surface area contributed by atoms with Crippen molar-refractivity contribution in [1.29, 1.82) is 0 Å². The highest BCUT2D eigenvalue weighted by Gasteiger charge is 2.18. The lowest BCUT2D eigenvalue weighted by atomic mass is 9.95. The van der Waals surface area contributed by atoms with Crippen LogP contribution in [0.1, 0.15) is 42.6 Å². The highest BCUT2D eigenvalue weighted by Crippen LogP contribution is 2.21. The molecule has 1 aromatic carbocycles. The van der Waals surface area contributed by atoms with Gasteiger partial charge in [-0.1, -0.05) is 37.3 Å². The first-order valence-electron chi connectivity index (χ1n) is 6.91. The normalized spacial score (nSPS) is 15.8. The van der Waals surface area contributed by atoms with Gasteiger partial charge in [-0.05, 0) is 18.4 Å². The zero-order chi connectivity index (χ0) is 13.2. The molecule has 1 aliphatic rings. The molecule has 0 saturated heterocycles. The number of benzene rings is 1. The molecule has 19 heavy (non-hydrogen) atoms. The number of hydrogen-bond donors (Lipinski definition) is 0. The molecule has 0 saturated carbocycles. The summed E-state index contributed by atoms with van der Waals surface area (Å²) in [6.07, 6.45) is 4.92. The maximum atomic E-state index is 12.6. The van der Waals surface area contributed by atoms with E-state index in [1.807, 2.05) is 22.8 Å². The maximum absolute atomic E-state index is 12.6. The van der Waals surface area contributed by atoms with Crippen LogP contribution in [0.25, 0.3) is 0 Å². The fraction of sp³-hybridized carbons (Fsp3) is 0.375. The molecule has 2 aromatic rings. The standard InChI is InChI=1S/C16H18N2O/c1-12(13-7-3-2-4-8-13)14-11-17-15-9-5-6-10-18(15)16(14)19/h2-4,7-8,11-12H,5-6,9-10H2,1H3. The van der Waals surface area contributed by atoms with Gasteiger partial charge in [-0.15, -0.1) is 0 Å². The van der Waals surface area contributed by atoms with Crippen molar-refractivity contribution >= 4 is 0 Å². The summed E-state index contributed by atoms with van der Waals surface area (Å²) in [4.78, 5) is 17.0. The molecule has 1 unspecified atom stereocenters. The highest BCUT2D eigenvalue weighted by molar-refractivity contribution is 5.29. The van der Waals surface area contributed by atoms with E-state index in [1.165, 1.54) is 0 Å².